The number of esters is 1. The van der Waals surface area contributed by atoms with Gasteiger partial charge in [-0.1, -0.05) is 33.5 Å². The summed E-state index contributed by atoms with van der Waals surface area (Å²) in [4.78, 5) is 11.9. The minimum absolute atomic E-state index is 0.0893. The summed E-state index contributed by atoms with van der Waals surface area (Å²) in [6, 6.07) is 9.13. The predicted molar refractivity (Wildman–Crippen MR) is 99.5 cm³/mol. The van der Waals surface area contributed by atoms with E-state index in [1.807, 2.05) is 26.0 Å². The Labute approximate surface area is 154 Å². The molecule has 6 heteroatoms. The SMILES string of the molecule is Bc1cc(Br)cc(/C(=C2/CC(=O)OC2(C)C)c2cc(F)cc(F)c2)c1. The van der Waals surface area contributed by atoms with Crippen molar-refractivity contribution in [2.75, 3.05) is 0 Å². The first-order chi connectivity index (χ1) is 11.7. The maximum atomic E-state index is 13.8. The van der Waals surface area contributed by atoms with Crippen molar-refractivity contribution in [3.63, 3.8) is 0 Å². The van der Waals surface area contributed by atoms with Crippen molar-refractivity contribution >= 4 is 40.8 Å². The maximum absolute atomic E-state index is 13.8. The molecule has 1 heterocycles. The van der Waals surface area contributed by atoms with Gasteiger partial charge in [0.2, 0.25) is 0 Å². The van der Waals surface area contributed by atoms with Gasteiger partial charge in [0.25, 0.3) is 0 Å². The molecule has 0 unspecified atom stereocenters. The van der Waals surface area contributed by atoms with Crippen LogP contribution in [0.1, 0.15) is 31.4 Å². The summed E-state index contributed by atoms with van der Waals surface area (Å²) in [5.41, 5.74) is 2.64. The molecule has 2 nitrogen and oxygen atoms in total. The molecule has 0 N–H and O–H groups in total. The van der Waals surface area contributed by atoms with E-state index in [1.165, 1.54) is 12.1 Å². The summed E-state index contributed by atoms with van der Waals surface area (Å²) in [7, 11) is 1.93. The van der Waals surface area contributed by atoms with Gasteiger partial charge in [-0.3, -0.25) is 4.79 Å². The molecule has 1 fully saturated rings. The summed E-state index contributed by atoms with van der Waals surface area (Å²) in [6.07, 6.45) is 0.0893. The van der Waals surface area contributed by atoms with Crippen LogP contribution in [-0.2, 0) is 9.53 Å². The number of rotatable bonds is 2. The minimum Gasteiger partial charge on any atom is -0.455 e. The number of ether oxygens (including phenoxy) is 1. The topological polar surface area (TPSA) is 26.3 Å². The largest absolute Gasteiger partial charge is 0.455 e. The first-order valence-corrected chi connectivity index (χ1v) is 8.64. The zero-order chi connectivity index (χ0) is 18.4. The van der Waals surface area contributed by atoms with Gasteiger partial charge in [0.05, 0.1) is 6.42 Å². The van der Waals surface area contributed by atoms with Crippen molar-refractivity contribution in [3.8, 4) is 0 Å². The summed E-state index contributed by atoms with van der Waals surface area (Å²) < 4.78 is 34.0. The third-order valence-corrected chi connectivity index (χ3v) is 4.66. The monoisotopic (exact) mass is 404 g/mol. The Morgan fingerprint density at radius 1 is 1.08 bits per heavy atom. The second-order valence-corrected chi connectivity index (χ2v) is 7.61. The molecular weight excluding hydrogens is 389 g/mol. The summed E-state index contributed by atoms with van der Waals surface area (Å²) >= 11 is 3.46. The minimum atomic E-state index is -0.842. The second-order valence-electron chi connectivity index (χ2n) is 6.69. The van der Waals surface area contributed by atoms with Gasteiger partial charge in [0.1, 0.15) is 25.1 Å². The van der Waals surface area contributed by atoms with E-state index in [2.05, 4.69) is 15.9 Å². The van der Waals surface area contributed by atoms with Gasteiger partial charge in [0, 0.05) is 10.5 Å². The first kappa shape index (κ1) is 17.9. The molecule has 2 aromatic carbocycles. The zero-order valence-electron chi connectivity index (χ0n) is 14.1. The molecule has 1 aliphatic rings. The molecule has 0 amide bonds. The first-order valence-electron chi connectivity index (χ1n) is 7.85. The molecule has 0 aromatic heterocycles. The number of cyclic esters (lactones) is 1. The van der Waals surface area contributed by atoms with Crippen molar-refractivity contribution in [1.82, 2.24) is 0 Å². The predicted octanol–water partition coefficient (Wildman–Crippen LogP) is 3.51. The second kappa shape index (κ2) is 6.41. The molecule has 0 bridgehead atoms. The summed E-state index contributed by atoms with van der Waals surface area (Å²) in [5, 5.41) is 0. The van der Waals surface area contributed by atoms with Gasteiger partial charge >= 0.3 is 5.97 Å². The number of halogens is 3. The number of benzene rings is 2. The molecule has 0 radical (unpaired) electrons. The van der Waals surface area contributed by atoms with Crippen LogP contribution >= 0.6 is 15.9 Å². The fourth-order valence-electron chi connectivity index (χ4n) is 3.22. The Morgan fingerprint density at radius 2 is 1.68 bits per heavy atom. The zero-order valence-corrected chi connectivity index (χ0v) is 15.7. The van der Waals surface area contributed by atoms with E-state index in [0.29, 0.717) is 16.7 Å². The highest BCUT2D eigenvalue weighted by Gasteiger charge is 2.39. The fraction of sp³-hybridized carbons (Fsp3) is 0.211. The van der Waals surface area contributed by atoms with Crippen LogP contribution < -0.4 is 5.46 Å². The molecule has 1 saturated heterocycles. The van der Waals surface area contributed by atoms with Gasteiger partial charge in [0.15, 0.2) is 0 Å². The van der Waals surface area contributed by atoms with Crippen LogP contribution in [0.5, 0.6) is 0 Å². The molecule has 0 atom stereocenters. The van der Waals surface area contributed by atoms with E-state index in [-0.39, 0.29) is 12.4 Å². The van der Waals surface area contributed by atoms with Crippen LogP contribution in [0.4, 0.5) is 8.78 Å². The highest BCUT2D eigenvalue weighted by atomic mass is 79.9. The highest BCUT2D eigenvalue weighted by molar-refractivity contribution is 9.10. The van der Waals surface area contributed by atoms with Crippen LogP contribution in [0.2, 0.25) is 0 Å². The van der Waals surface area contributed by atoms with Crippen molar-refractivity contribution in [3.05, 3.63) is 69.2 Å². The lowest BCUT2D eigenvalue weighted by atomic mass is 9.83. The lowest BCUT2D eigenvalue weighted by Gasteiger charge is -2.23. The fourth-order valence-corrected chi connectivity index (χ4v) is 3.83. The van der Waals surface area contributed by atoms with E-state index in [0.717, 1.165) is 21.6 Å². The maximum Gasteiger partial charge on any atom is 0.310 e. The number of hydrogen-bond acceptors (Lipinski definition) is 2. The van der Waals surface area contributed by atoms with E-state index in [1.54, 1.807) is 13.8 Å². The van der Waals surface area contributed by atoms with E-state index in [9.17, 15) is 13.6 Å². The molecular formula is C19H16BBrF2O2. The van der Waals surface area contributed by atoms with Crippen LogP contribution in [0, 0.1) is 11.6 Å². The third kappa shape index (κ3) is 3.69. The standard InChI is InChI=1S/C19H16BBrF2O2/c1-19(2)16(9-17(24)25-19)18(10-3-12(20)7-13(21)4-10)11-5-14(22)8-15(23)6-11/h3-8H,9,20H2,1-2H3/b18-16+. The van der Waals surface area contributed by atoms with E-state index in [4.69, 9.17) is 4.74 Å². The smallest absolute Gasteiger partial charge is 0.310 e. The number of carbonyl (C=O) groups is 1. The van der Waals surface area contributed by atoms with Gasteiger partial charge in [-0.05, 0) is 54.3 Å². The molecule has 2 aromatic rings. The molecule has 0 aliphatic carbocycles. The Kier molecular flexibility index (Phi) is 4.58. The van der Waals surface area contributed by atoms with Crippen LogP contribution in [-0.4, -0.2) is 19.4 Å². The molecule has 25 heavy (non-hydrogen) atoms. The van der Waals surface area contributed by atoms with Gasteiger partial charge in [-0.15, -0.1) is 0 Å². The summed E-state index contributed by atoms with van der Waals surface area (Å²) in [6.45, 7) is 3.57. The van der Waals surface area contributed by atoms with Crippen molar-refractivity contribution in [1.29, 1.82) is 0 Å². The summed E-state index contributed by atoms with van der Waals surface area (Å²) in [5.74, 6) is -1.67. The number of carbonyl (C=O) groups excluding carboxylic acids is 1. The normalized spacial score (nSPS) is 18.2. The highest BCUT2D eigenvalue weighted by Crippen LogP contribution is 2.41. The molecule has 0 spiro atoms. The van der Waals surface area contributed by atoms with Crippen molar-refractivity contribution in [2.24, 2.45) is 0 Å². The lowest BCUT2D eigenvalue weighted by molar-refractivity contribution is -0.145. The molecule has 128 valence electrons. The Morgan fingerprint density at radius 3 is 2.20 bits per heavy atom. The third-order valence-electron chi connectivity index (χ3n) is 4.20. The molecule has 3 rings (SSSR count). The average Bonchev–Trinajstić information content (AvgIpc) is 2.70. The molecule has 0 saturated carbocycles. The van der Waals surface area contributed by atoms with Gasteiger partial charge < -0.3 is 4.74 Å². The van der Waals surface area contributed by atoms with Crippen LogP contribution in [0.15, 0.2) is 46.4 Å². The van der Waals surface area contributed by atoms with Crippen LogP contribution in [0.25, 0.3) is 5.57 Å². The van der Waals surface area contributed by atoms with Crippen LogP contribution in [0.3, 0.4) is 0 Å². The van der Waals surface area contributed by atoms with E-state index >= 15 is 0 Å². The molecule has 1 aliphatic heterocycles. The number of hydrogen-bond donors (Lipinski definition) is 0. The van der Waals surface area contributed by atoms with Gasteiger partial charge in [-0.2, -0.15) is 0 Å². The Balaban J connectivity index is 2.35. The Hall–Kier alpha value is -1.95. The van der Waals surface area contributed by atoms with Gasteiger partial charge in [-0.25, -0.2) is 8.78 Å². The quantitative estimate of drug-likeness (QED) is 0.565. The van der Waals surface area contributed by atoms with E-state index < -0.39 is 17.2 Å². The van der Waals surface area contributed by atoms with Crippen molar-refractivity contribution < 1.29 is 18.3 Å². The lowest BCUT2D eigenvalue weighted by Crippen LogP contribution is -2.22. The van der Waals surface area contributed by atoms with Crippen molar-refractivity contribution in [2.45, 2.75) is 25.9 Å². The average molecular weight is 405 g/mol. The Bertz CT molecular complexity index is 812.